The predicted molar refractivity (Wildman–Crippen MR) is 79.7 cm³/mol. The maximum absolute atomic E-state index is 12.5. The summed E-state index contributed by atoms with van der Waals surface area (Å²) in [4.78, 5) is 14.5. The summed E-state index contributed by atoms with van der Waals surface area (Å²) in [5, 5.41) is 0. The molecule has 4 heteroatoms. The second kappa shape index (κ2) is 6.75. The molecule has 0 aliphatic carbocycles. The van der Waals surface area contributed by atoms with E-state index in [-0.39, 0.29) is 11.9 Å². The molecule has 1 aromatic carbocycles. The fourth-order valence-corrected chi connectivity index (χ4v) is 2.98. The number of methoxy groups -OCH3 is 1. The van der Waals surface area contributed by atoms with Crippen LogP contribution in [0.2, 0.25) is 0 Å². The molecule has 110 valence electrons. The van der Waals surface area contributed by atoms with Crippen molar-refractivity contribution in [1.29, 1.82) is 0 Å². The zero-order valence-electron chi connectivity index (χ0n) is 12.3. The van der Waals surface area contributed by atoms with Gasteiger partial charge in [-0.1, -0.05) is 12.1 Å². The van der Waals surface area contributed by atoms with Crippen molar-refractivity contribution in [3.63, 3.8) is 0 Å². The topological polar surface area (TPSA) is 55.6 Å². The molecule has 2 N–H and O–H groups in total. The van der Waals surface area contributed by atoms with Crippen LogP contribution in [-0.4, -0.2) is 36.5 Å². The van der Waals surface area contributed by atoms with E-state index in [9.17, 15) is 4.79 Å². The normalized spacial score (nSPS) is 22.6. The van der Waals surface area contributed by atoms with E-state index in [4.69, 9.17) is 10.5 Å². The number of nitrogens with two attached hydrogens (primary N) is 1. The van der Waals surface area contributed by atoms with E-state index in [1.54, 1.807) is 7.11 Å². The van der Waals surface area contributed by atoms with Crippen LogP contribution < -0.4 is 10.5 Å². The van der Waals surface area contributed by atoms with Gasteiger partial charge in [-0.3, -0.25) is 4.79 Å². The van der Waals surface area contributed by atoms with Crippen LogP contribution in [0.1, 0.15) is 31.7 Å². The molecule has 1 heterocycles. The van der Waals surface area contributed by atoms with E-state index >= 15 is 0 Å². The van der Waals surface area contributed by atoms with Gasteiger partial charge in [0, 0.05) is 18.6 Å². The molecule has 2 rings (SSSR count). The van der Waals surface area contributed by atoms with Gasteiger partial charge in [-0.05, 0) is 43.9 Å². The lowest BCUT2D eigenvalue weighted by molar-refractivity contribution is -0.136. The van der Waals surface area contributed by atoms with E-state index in [0.29, 0.717) is 19.0 Å². The molecule has 4 nitrogen and oxygen atoms in total. The first kappa shape index (κ1) is 14.9. The molecule has 1 amide bonds. The number of amides is 1. The Bertz CT molecular complexity index is 444. The van der Waals surface area contributed by atoms with E-state index in [2.05, 4.69) is 6.92 Å². The number of hydrogen-bond acceptors (Lipinski definition) is 3. The third kappa shape index (κ3) is 3.31. The molecular formula is C16H24N2O2. The van der Waals surface area contributed by atoms with Gasteiger partial charge < -0.3 is 15.4 Å². The molecule has 1 saturated heterocycles. The lowest BCUT2D eigenvalue weighted by Gasteiger charge is -2.40. The summed E-state index contributed by atoms with van der Waals surface area (Å²) in [6.07, 6.45) is 3.69. The van der Waals surface area contributed by atoms with Gasteiger partial charge in [-0.2, -0.15) is 0 Å². The maximum atomic E-state index is 12.5. The van der Waals surface area contributed by atoms with Crippen molar-refractivity contribution in [3.8, 4) is 5.75 Å². The minimum absolute atomic E-state index is 0.179. The smallest absolute Gasteiger partial charge is 0.227 e. The summed E-state index contributed by atoms with van der Waals surface area (Å²) in [6, 6.07) is 8.17. The Balaban J connectivity index is 2.05. The molecule has 1 aliphatic heterocycles. The summed E-state index contributed by atoms with van der Waals surface area (Å²) >= 11 is 0. The highest BCUT2D eigenvalue weighted by molar-refractivity contribution is 5.79. The van der Waals surface area contributed by atoms with Gasteiger partial charge in [0.25, 0.3) is 0 Å². The molecule has 0 aromatic heterocycles. The standard InChI is InChI=1S/C16H24N2O2/c1-12-4-3-5-14(11-17)18(12)16(19)10-13-6-8-15(20-2)9-7-13/h6-9,12,14H,3-5,10-11,17H2,1-2H3. The lowest BCUT2D eigenvalue weighted by Crippen LogP contribution is -2.52. The monoisotopic (exact) mass is 276 g/mol. The van der Waals surface area contributed by atoms with Crippen LogP contribution in [0.25, 0.3) is 0 Å². The van der Waals surface area contributed by atoms with Gasteiger partial charge in [-0.15, -0.1) is 0 Å². The molecule has 0 bridgehead atoms. The number of likely N-dealkylation sites (tertiary alicyclic amines) is 1. The van der Waals surface area contributed by atoms with Crippen molar-refractivity contribution in [2.24, 2.45) is 5.73 Å². The van der Waals surface area contributed by atoms with Crippen molar-refractivity contribution >= 4 is 5.91 Å². The zero-order chi connectivity index (χ0) is 14.5. The highest BCUT2D eigenvalue weighted by Crippen LogP contribution is 2.23. The summed E-state index contributed by atoms with van der Waals surface area (Å²) in [6.45, 7) is 2.67. The first-order valence-corrected chi connectivity index (χ1v) is 7.30. The van der Waals surface area contributed by atoms with Crippen molar-refractivity contribution in [2.75, 3.05) is 13.7 Å². The Morgan fingerprint density at radius 2 is 2.05 bits per heavy atom. The number of benzene rings is 1. The van der Waals surface area contributed by atoms with Gasteiger partial charge in [0.15, 0.2) is 0 Å². The largest absolute Gasteiger partial charge is 0.497 e. The average Bonchev–Trinajstić information content (AvgIpc) is 2.47. The molecular weight excluding hydrogens is 252 g/mol. The quantitative estimate of drug-likeness (QED) is 0.914. The van der Waals surface area contributed by atoms with Crippen molar-refractivity contribution < 1.29 is 9.53 Å². The number of hydrogen-bond donors (Lipinski definition) is 1. The fraction of sp³-hybridized carbons (Fsp3) is 0.562. The van der Waals surface area contributed by atoms with E-state index in [0.717, 1.165) is 30.6 Å². The minimum Gasteiger partial charge on any atom is -0.497 e. The first-order chi connectivity index (χ1) is 9.65. The molecule has 0 spiro atoms. The predicted octanol–water partition coefficient (Wildman–Crippen LogP) is 1.97. The number of nitrogens with zero attached hydrogens (tertiary/aromatic N) is 1. The summed E-state index contributed by atoms with van der Waals surface area (Å²) in [7, 11) is 1.64. The average molecular weight is 276 g/mol. The van der Waals surface area contributed by atoms with Crippen LogP contribution in [0.15, 0.2) is 24.3 Å². The van der Waals surface area contributed by atoms with Crippen LogP contribution in [0.3, 0.4) is 0 Å². The van der Waals surface area contributed by atoms with Gasteiger partial charge in [-0.25, -0.2) is 0 Å². The van der Waals surface area contributed by atoms with Gasteiger partial charge in [0.05, 0.1) is 13.5 Å². The third-order valence-corrected chi connectivity index (χ3v) is 4.10. The van der Waals surface area contributed by atoms with Gasteiger partial charge >= 0.3 is 0 Å². The van der Waals surface area contributed by atoms with E-state index in [1.807, 2.05) is 29.2 Å². The summed E-state index contributed by atoms with van der Waals surface area (Å²) in [5.41, 5.74) is 6.83. The van der Waals surface area contributed by atoms with E-state index < -0.39 is 0 Å². The van der Waals surface area contributed by atoms with Gasteiger partial charge in [0.2, 0.25) is 5.91 Å². The van der Waals surface area contributed by atoms with Crippen LogP contribution in [0, 0.1) is 0 Å². The summed E-state index contributed by atoms with van der Waals surface area (Å²) < 4.78 is 5.13. The Labute approximate surface area is 120 Å². The van der Waals surface area contributed by atoms with Crippen molar-refractivity contribution in [2.45, 2.75) is 44.7 Å². The number of ether oxygens (including phenoxy) is 1. The molecule has 20 heavy (non-hydrogen) atoms. The number of carbonyl (C=O) groups is 1. The molecule has 2 unspecified atom stereocenters. The second-order valence-corrected chi connectivity index (χ2v) is 5.50. The van der Waals surface area contributed by atoms with Crippen molar-refractivity contribution in [3.05, 3.63) is 29.8 Å². The van der Waals surface area contributed by atoms with Crippen LogP contribution in [0.4, 0.5) is 0 Å². The van der Waals surface area contributed by atoms with Crippen LogP contribution in [-0.2, 0) is 11.2 Å². The van der Waals surface area contributed by atoms with Gasteiger partial charge in [0.1, 0.15) is 5.75 Å². The lowest BCUT2D eigenvalue weighted by atomic mass is 9.95. The molecule has 2 atom stereocenters. The Morgan fingerprint density at radius 1 is 1.35 bits per heavy atom. The summed E-state index contributed by atoms with van der Waals surface area (Å²) in [5.74, 6) is 0.991. The Kier molecular flexibility index (Phi) is 5.01. The maximum Gasteiger partial charge on any atom is 0.227 e. The van der Waals surface area contributed by atoms with E-state index in [1.165, 1.54) is 0 Å². The zero-order valence-corrected chi connectivity index (χ0v) is 12.3. The SMILES string of the molecule is COc1ccc(CC(=O)N2C(C)CCCC2CN)cc1. The number of rotatable bonds is 4. The highest BCUT2D eigenvalue weighted by Gasteiger charge is 2.30. The fourth-order valence-electron chi connectivity index (χ4n) is 2.98. The van der Waals surface area contributed by atoms with Crippen LogP contribution >= 0.6 is 0 Å². The van der Waals surface area contributed by atoms with Crippen LogP contribution in [0.5, 0.6) is 5.75 Å². The molecule has 0 saturated carbocycles. The Hall–Kier alpha value is -1.55. The minimum atomic E-state index is 0.179. The molecule has 1 aromatic rings. The number of piperidine rings is 1. The highest BCUT2D eigenvalue weighted by atomic mass is 16.5. The van der Waals surface area contributed by atoms with Crippen molar-refractivity contribution in [1.82, 2.24) is 4.90 Å². The first-order valence-electron chi connectivity index (χ1n) is 7.30. The molecule has 1 aliphatic rings. The third-order valence-electron chi connectivity index (χ3n) is 4.10. The Morgan fingerprint density at radius 3 is 2.65 bits per heavy atom. The molecule has 0 radical (unpaired) electrons. The second-order valence-electron chi connectivity index (χ2n) is 5.50. The number of carbonyl (C=O) groups excluding carboxylic acids is 1. The molecule has 1 fully saturated rings.